The van der Waals surface area contributed by atoms with E-state index < -0.39 is 0 Å². The van der Waals surface area contributed by atoms with Crippen molar-refractivity contribution in [3.63, 3.8) is 0 Å². The monoisotopic (exact) mass is 238 g/mol. The number of rotatable bonds is 2. The molecule has 0 aliphatic heterocycles. The normalized spacial score (nSPS) is 33.1. The molecular weight excluding hydrogens is 212 g/mol. The van der Waals surface area contributed by atoms with Gasteiger partial charge >= 0.3 is 0 Å². The Labute approximate surface area is 105 Å². The summed E-state index contributed by atoms with van der Waals surface area (Å²) in [7, 11) is 0. The molecule has 1 amide bonds. The lowest BCUT2D eigenvalue weighted by Crippen LogP contribution is -2.50. The highest BCUT2D eigenvalue weighted by molar-refractivity contribution is 5.80. The average molecular weight is 238 g/mol. The second-order valence-electron chi connectivity index (χ2n) is 6.17. The first kappa shape index (κ1) is 12.9. The van der Waals surface area contributed by atoms with Crippen LogP contribution in [-0.2, 0) is 4.79 Å². The number of carbonyl (C=O) groups excluding carboxylic acids is 1. The standard InChI is InChI=1S/C14H26N2O/c1-14(9-5-6-10-14)16-13(17)11-7-3-2-4-8-12(11)15/h11-12H,2-10,15H2,1H3,(H,16,17). The molecular formula is C14H26N2O. The number of amides is 1. The van der Waals surface area contributed by atoms with Crippen LogP contribution in [0, 0.1) is 5.92 Å². The van der Waals surface area contributed by atoms with Crippen molar-refractivity contribution in [3.05, 3.63) is 0 Å². The number of nitrogens with one attached hydrogen (secondary N) is 1. The molecule has 3 N–H and O–H groups in total. The Bertz CT molecular complexity index is 271. The largest absolute Gasteiger partial charge is 0.351 e. The molecule has 98 valence electrons. The SMILES string of the molecule is CC1(NC(=O)C2CCCCCC2N)CCCC1. The molecule has 0 heterocycles. The van der Waals surface area contributed by atoms with Crippen molar-refractivity contribution in [2.45, 2.75) is 76.3 Å². The van der Waals surface area contributed by atoms with E-state index in [9.17, 15) is 4.79 Å². The Hall–Kier alpha value is -0.570. The van der Waals surface area contributed by atoms with E-state index in [0.29, 0.717) is 0 Å². The Morgan fingerprint density at radius 1 is 1.12 bits per heavy atom. The van der Waals surface area contributed by atoms with Gasteiger partial charge in [-0.2, -0.15) is 0 Å². The number of nitrogens with two attached hydrogens (primary N) is 1. The van der Waals surface area contributed by atoms with Crippen molar-refractivity contribution in [1.82, 2.24) is 5.32 Å². The van der Waals surface area contributed by atoms with Crippen molar-refractivity contribution in [3.8, 4) is 0 Å². The zero-order valence-corrected chi connectivity index (χ0v) is 11.0. The number of carbonyl (C=O) groups is 1. The Balaban J connectivity index is 1.93. The van der Waals surface area contributed by atoms with Gasteiger partial charge in [0.1, 0.15) is 0 Å². The molecule has 0 spiro atoms. The minimum Gasteiger partial charge on any atom is -0.351 e. The highest BCUT2D eigenvalue weighted by Crippen LogP contribution is 2.30. The summed E-state index contributed by atoms with van der Waals surface area (Å²) in [6.45, 7) is 2.18. The molecule has 0 radical (unpaired) electrons. The molecule has 0 saturated heterocycles. The van der Waals surface area contributed by atoms with E-state index in [1.165, 1.54) is 25.7 Å². The van der Waals surface area contributed by atoms with Crippen LogP contribution in [0.15, 0.2) is 0 Å². The Kier molecular flexibility index (Phi) is 4.08. The Morgan fingerprint density at radius 3 is 2.47 bits per heavy atom. The minimum absolute atomic E-state index is 0.0447. The predicted molar refractivity (Wildman–Crippen MR) is 69.6 cm³/mol. The van der Waals surface area contributed by atoms with Crippen LogP contribution in [0.3, 0.4) is 0 Å². The van der Waals surface area contributed by atoms with Crippen molar-refractivity contribution < 1.29 is 4.79 Å². The Morgan fingerprint density at radius 2 is 1.76 bits per heavy atom. The van der Waals surface area contributed by atoms with Crippen molar-refractivity contribution >= 4 is 5.91 Å². The molecule has 2 aliphatic rings. The maximum Gasteiger partial charge on any atom is 0.225 e. The van der Waals surface area contributed by atoms with Gasteiger partial charge in [-0.1, -0.05) is 32.1 Å². The van der Waals surface area contributed by atoms with E-state index in [4.69, 9.17) is 5.73 Å². The first-order valence-electron chi connectivity index (χ1n) is 7.18. The summed E-state index contributed by atoms with van der Waals surface area (Å²) in [5, 5.41) is 3.26. The third-order valence-corrected chi connectivity index (χ3v) is 4.54. The van der Waals surface area contributed by atoms with E-state index in [0.717, 1.165) is 32.1 Å². The molecule has 2 rings (SSSR count). The van der Waals surface area contributed by atoms with Crippen LogP contribution >= 0.6 is 0 Å². The van der Waals surface area contributed by atoms with Crippen LogP contribution in [0.2, 0.25) is 0 Å². The van der Waals surface area contributed by atoms with Gasteiger partial charge in [0, 0.05) is 11.6 Å². The third-order valence-electron chi connectivity index (χ3n) is 4.54. The summed E-state index contributed by atoms with van der Waals surface area (Å²) in [5.74, 6) is 0.263. The molecule has 3 heteroatoms. The smallest absolute Gasteiger partial charge is 0.225 e. The van der Waals surface area contributed by atoms with Gasteiger partial charge in [0.15, 0.2) is 0 Å². The van der Waals surface area contributed by atoms with E-state index in [1.54, 1.807) is 0 Å². The van der Waals surface area contributed by atoms with Gasteiger partial charge in [0.05, 0.1) is 5.92 Å². The highest BCUT2D eigenvalue weighted by Gasteiger charge is 2.34. The van der Waals surface area contributed by atoms with Gasteiger partial charge in [-0.25, -0.2) is 0 Å². The molecule has 0 aromatic heterocycles. The van der Waals surface area contributed by atoms with E-state index in [-0.39, 0.29) is 23.4 Å². The fourth-order valence-corrected chi connectivity index (χ4v) is 3.33. The predicted octanol–water partition coefficient (Wildman–Crippen LogP) is 2.34. The summed E-state index contributed by atoms with van der Waals surface area (Å²) < 4.78 is 0. The van der Waals surface area contributed by atoms with Gasteiger partial charge < -0.3 is 11.1 Å². The first-order valence-corrected chi connectivity index (χ1v) is 7.18. The van der Waals surface area contributed by atoms with Crippen LogP contribution < -0.4 is 11.1 Å². The van der Waals surface area contributed by atoms with Crippen LogP contribution in [0.5, 0.6) is 0 Å². The molecule has 2 atom stereocenters. The van der Waals surface area contributed by atoms with Gasteiger partial charge in [0.25, 0.3) is 0 Å². The average Bonchev–Trinajstić information content (AvgIpc) is 2.57. The molecule has 3 nitrogen and oxygen atoms in total. The lowest BCUT2D eigenvalue weighted by atomic mass is 9.92. The van der Waals surface area contributed by atoms with Crippen LogP contribution in [0.25, 0.3) is 0 Å². The molecule has 2 unspecified atom stereocenters. The van der Waals surface area contributed by atoms with Crippen molar-refractivity contribution in [1.29, 1.82) is 0 Å². The number of hydrogen-bond acceptors (Lipinski definition) is 2. The van der Waals surface area contributed by atoms with E-state index >= 15 is 0 Å². The molecule has 2 aliphatic carbocycles. The summed E-state index contributed by atoms with van der Waals surface area (Å²) in [6, 6.07) is 0.0718. The maximum absolute atomic E-state index is 12.3. The lowest BCUT2D eigenvalue weighted by molar-refractivity contribution is -0.127. The van der Waals surface area contributed by atoms with Crippen molar-refractivity contribution in [2.75, 3.05) is 0 Å². The minimum atomic E-state index is 0.0447. The summed E-state index contributed by atoms with van der Waals surface area (Å²) in [4.78, 5) is 12.3. The fourth-order valence-electron chi connectivity index (χ4n) is 3.33. The van der Waals surface area contributed by atoms with Gasteiger partial charge in [0.2, 0.25) is 5.91 Å². The molecule has 0 aromatic carbocycles. The molecule has 0 aromatic rings. The van der Waals surface area contributed by atoms with E-state index in [2.05, 4.69) is 12.2 Å². The van der Waals surface area contributed by atoms with Gasteiger partial charge in [-0.05, 0) is 32.6 Å². The summed E-state index contributed by atoms with van der Waals surface area (Å²) in [5.41, 5.74) is 6.18. The zero-order valence-electron chi connectivity index (χ0n) is 11.0. The topological polar surface area (TPSA) is 55.1 Å². The molecule has 2 saturated carbocycles. The molecule has 0 bridgehead atoms. The first-order chi connectivity index (χ1) is 8.11. The summed E-state index contributed by atoms with van der Waals surface area (Å²) in [6.07, 6.45) is 10.3. The second kappa shape index (κ2) is 5.38. The highest BCUT2D eigenvalue weighted by atomic mass is 16.2. The summed E-state index contributed by atoms with van der Waals surface area (Å²) >= 11 is 0. The number of hydrogen-bond donors (Lipinski definition) is 2. The van der Waals surface area contributed by atoms with Crippen molar-refractivity contribution in [2.24, 2.45) is 11.7 Å². The fraction of sp³-hybridized carbons (Fsp3) is 0.929. The van der Waals surface area contributed by atoms with Gasteiger partial charge in [-0.3, -0.25) is 4.79 Å². The van der Waals surface area contributed by atoms with Crippen LogP contribution in [-0.4, -0.2) is 17.5 Å². The molecule has 2 fully saturated rings. The quantitative estimate of drug-likeness (QED) is 0.726. The van der Waals surface area contributed by atoms with E-state index in [1.807, 2.05) is 0 Å². The molecule has 17 heavy (non-hydrogen) atoms. The van der Waals surface area contributed by atoms with Gasteiger partial charge in [-0.15, -0.1) is 0 Å². The maximum atomic E-state index is 12.3. The second-order valence-corrected chi connectivity index (χ2v) is 6.17. The van der Waals surface area contributed by atoms with Crippen LogP contribution in [0.1, 0.15) is 64.7 Å². The van der Waals surface area contributed by atoms with Crippen LogP contribution in [0.4, 0.5) is 0 Å². The lowest BCUT2D eigenvalue weighted by Gasteiger charge is -2.29. The zero-order chi connectivity index (χ0) is 12.3. The third kappa shape index (κ3) is 3.21.